The van der Waals surface area contributed by atoms with Crippen molar-refractivity contribution in [1.82, 2.24) is 10.2 Å². The average Bonchev–Trinajstić information content (AvgIpc) is 2.82. The average molecular weight is 476 g/mol. The molecular formula is C24H30FN3O4S. The number of carbonyl (C=O) groups is 2. The number of benzene rings is 2. The maximum Gasteiger partial charge on any atom is 0.262 e. The third kappa shape index (κ3) is 5.52. The van der Waals surface area contributed by atoms with Crippen LogP contribution < -0.4 is 10.0 Å². The van der Waals surface area contributed by atoms with Gasteiger partial charge in [0.2, 0.25) is 5.91 Å². The quantitative estimate of drug-likeness (QED) is 0.605. The van der Waals surface area contributed by atoms with Crippen LogP contribution in [-0.2, 0) is 14.8 Å². The fourth-order valence-electron chi connectivity index (χ4n) is 4.20. The molecule has 0 spiro atoms. The highest BCUT2D eigenvalue weighted by Gasteiger charge is 2.42. The Morgan fingerprint density at radius 3 is 2.30 bits per heavy atom. The van der Waals surface area contributed by atoms with E-state index in [2.05, 4.69) is 10.0 Å². The number of likely N-dealkylation sites (N-methyl/N-ethyl adjacent to an activating group) is 1. The predicted molar refractivity (Wildman–Crippen MR) is 125 cm³/mol. The van der Waals surface area contributed by atoms with Crippen LogP contribution in [0.1, 0.15) is 56.3 Å². The molecule has 0 radical (unpaired) electrons. The van der Waals surface area contributed by atoms with E-state index in [4.69, 9.17) is 0 Å². The van der Waals surface area contributed by atoms with Crippen molar-refractivity contribution in [2.24, 2.45) is 0 Å². The van der Waals surface area contributed by atoms with Crippen molar-refractivity contribution in [1.29, 1.82) is 0 Å². The summed E-state index contributed by atoms with van der Waals surface area (Å²) in [4.78, 5) is 28.0. The molecule has 1 aliphatic rings. The maximum absolute atomic E-state index is 13.9. The summed E-state index contributed by atoms with van der Waals surface area (Å²) in [5.41, 5.74) is -1.07. The molecule has 2 N–H and O–H groups in total. The first-order chi connectivity index (χ1) is 15.7. The second-order valence-corrected chi connectivity index (χ2v) is 9.87. The highest BCUT2D eigenvalue weighted by molar-refractivity contribution is 7.92. The molecule has 0 saturated heterocycles. The van der Waals surface area contributed by atoms with Crippen molar-refractivity contribution in [2.75, 3.05) is 17.8 Å². The lowest BCUT2D eigenvalue weighted by Crippen LogP contribution is -2.60. The van der Waals surface area contributed by atoms with E-state index in [1.54, 1.807) is 4.90 Å². The largest absolute Gasteiger partial charge is 0.341 e. The van der Waals surface area contributed by atoms with Gasteiger partial charge < -0.3 is 10.2 Å². The van der Waals surface area contributed by atoms with Crippen LogP contribution in [0.5, 0.6) is 0 Å². The topological polar surface area (TPSA) is 95.6 Å². The van der Waals surface area contributed by atoms with Crippen molar-refractivity contribution < 1.29 is 22.4 Å². The Kier molecular flexibility index (Phi) is 7.73. The molecule has 0 aliphatic heterocycles. The first-order valence-corrected chi connectivity index (χ1v) is 12.7. The number of nitrogens with zero attached hydrogens (tertiary/aromatic N) is 1. The number of carbonyl (C=O) groups excluding carboxylic acids is 2. The summed E-state index contributed by atoms with van der Waals surface area (Å²) >= 11 is 0. The Morgan fingerprint density at radius 2 is 1.67 bits per heavy atom. The van der Waals surface area contributed by atoms with Crippen molar-refractivity contribution in [3.63, 3.8) is 0 Å². The predicted octanol–water partition coefficient (Wildman–Crippen LogP) is 3.93. The minimum absolute atomic E-state index is 0.106. The van der Waals surface area contributed by atoms with Gasteiger partial charge in [0.15, 0.2) is 0 Å². The zero-order chi connectivity index (χ0) is 24.1. The van der Waals surface area contributed by atoms with Gasteiger partial charge >= 0.3 is 0 Å². The van der Waals surface area contributed by atoms with Gasteiger partial charge in [0.1, 0.15) is 11.4 Å². The Labute approximate surface area is 194 Å². The molecule has 7 nitrogen and oxygen atoms in total. The molecule has 3 rings (SSSR count). The first kappa shape index (κ1) is 24.7. The van der Waals surface area contributed by atoms with Crippen molar-refractivity contribution >= 4 is 27.5 Å². The van der Waals surface area contributed by atoms with Crippen LogP contribution in [0.4, 0.5) is 10.1 Å². The van der Waals surface area contributed by atoms with Gasteiger partial charge in [-0.15, -0.1) is 0 Å². The highest BCUT2D eigenvalue weighted by Crippen LogP contribution is 2.31. The van der Waals surface area contributed by atoms with Crippen LogP contribution in [0.15, 0.2) is 53.4 Å². The second kappa shape index (κ2) is 10.3. The summed E-state index contributed by atoms with van der Waals surface area (Å²) in [6.45, 7) is 4.89. The van der Waals surface area contributed by atoms with E-state index in [1.165, 1.54) is 42.5 Å². The van der Waals surface area contributed by atoms with Gasteiger partial charge in [0.05, 0.1) is 10.6 Å². The zero-order valence-electron chi connectivity index (χ0n) is 18.9. The molecule has 0 unspecified atom stereocenters. The number of rotatable bonds is 8. The van der Waals surface area contributed by atoms with E-state index in [9.17, 15) is 22.4 Å². The number of sulfonamides is 1. The molecule has 2 aromatic carbocycles. The van der Waals surface area contributed by atoms with Crippen LogP contribution in [0.25, 0.3) is 0 Å². The third-order valence-corrected chi connectivity index (χ3v) is 7.41. The molecule has 0 aromatic heterocycles. The molecule has 178 valence electrons. The summed E-state index contributed by atoms with van der Waals surface area (Å²) in [5.74, 6) is -1.32. The Balaban J connectivity index is 1.86. The lowest BCUT2D eigenvalue weighted by molar-refractivity contribution is -0.139. The van der Waals surface area contributed by atoms with Crippen molar-refractivity contribution in [2.45, 2.75) is 56.4 Å². The van der Waals surface area contributed by atoms with E-state index in [0.717, 1.165) is 25.3 Å². The van der Waals surface area contributed by atoms with Gasteiger partial charge in [0, 0.05) is 18.7 Å². The van der Waals surface area contributed by atoms with Crippen LogP contribution in [0, 0.1) is 5.82 Å². The monoisotopic (exact) mass is 475 g/mol. The van der Waals surface area contributed by atoms with Crippen molar-refractivity contribution in [3.8, 4) is 0 Å². The molecule has 0 heterocycles. The molecule has 1 fully saturated rings. The lowest BCUT2D eigenvalue weighted by atomic mass is 9.80. The molecule has 2 amide bonds. The number of amides is 2. The van der Waals surface area contributed by atoms with Gasteiger partial charge in [-0.3, -0.25) is 14.3 Å². The van der Waals surface area contributed by atoms with E-state index < -0.39 is 27.3 Å². The summed E-state index contributed by atoms with van der Waals surface area (Å²) in [6.07, 6.45) is 3.74. The summed E-state index contributed by atoms with van der Waals surface area (Å²) in [6, 6.07) is 10.9. The Bertz CT molecular complexity index is 1110. The molecule has 1 aliphatic carbocycles. The van der Waals surface area contributed by atoms with Gasteiger partial charge in [-0.05, 0) is 57.0 Å². The Hall–Kier alpha value is -2.94. The van der Waals surface area contributed by atoms with E-state index in [1.807, 2.05) is 13.8 Å². The SMILES string of the molecule is CCN(CC)C(=O)C1(NC(=O)c2cccc(S(=O)(=O)Nc3ccccc3F)c2)CCCCC1. The lowest BCUT2D eigenvalue weighted by Gasteiger charge is -2.40. The number of hydrogen-bond acceptors (Lipinski definition) is 4. The number of para-hydroxylation sites is 1. The van der Waals surface area contributed by atoms with Crippen molar-refractivity contribution in [3.05, 3.63) is 59.9 Å². The summed E-state index contributed by atoms with van der Waals surface area (Å²) in [7, 11) is -4.12. The molecule has 1 saturated carbocycles. The maximum atomic E-state index is 13.9. The second-order valence-electron chi connectivity index (χ2n) is 8.19. The minimum Gasteiger partial charge on any atom is -0.341 e. The van der Waals surface area contributed by atoms with Crippen LogP contribution >= 0.6 is 0 Å². The first-order valence-electron chi connectivity index (χ1n) is 11.2. The van der Waals surface area contributed by atoms with E-state index >= 15 is 0 Å². The number of hydrogen-bond donors (Lipinski definition) is 2. The smallest absolute Gasteiger partial charge is 0.262 e. The van der Waals surface area contributed by atoms with E-state index in [0.29, 0.717) is 25.9 Å². The van der Waals surface area contributed by atoms with Gasteiger partial charge in [0.25, 0.3) is 15.9 Å². The fourth-order valence-corrected chi connectivity index (χ4v) is 5.32. The number of anilines is 1. The van der Waals surface area contributed by atoms with Crippen LogP contribution in [0.3, 0.4) is 0 Å². The van der Waals surface area contributed by atoms with Crippen LogP contribution in [-0.4, -0.2) is 43.8 Å². The van der Waals surface area contributed by atoms with Crippen LogP contribution in [0.2, 0.25) is 0 Å². The molecular weight excluding hydrogens is 445 g/mol. The minimum atomic E-state index is -4.12. The van der Waals surface area contributed by atoms with E-state index in [-0.39, 0.29) is 22.1 Å². The molecule has 0 bridgehead atoms. The van der Waals surface area contributed by atoms with Gasteiger partial charge in [-0.1, -0.05) is 37.5 Å². The third-order valence-electron chi connectivity index (χ3n) is 6.04. The fraction of sp³-hybridized carbons (Fsp3) is 0.417. The summed E-state index contributed by atoms with van der Waals surface area (Å²) < 4.78 is 41.7. The number of nitrogens with one attached hydrogen (secondary N) is 2. The van der Waals surface area contributed by atoms with Gasteiger partial charge in [-0.2, -0.15) is 0 Å². The van der Waals surface area contributed by atoms with Gasteiger partial charge in [-0.25, -0.2) is 12.8 Å². The summed E-state index contributed by atoms with van der Waals surface area (Å²) in [5, 5.41) is 2.93. The number of halogens is 1. The molecule has 9 heteroatoms. The Morgan fingerprint density at radius 1 is 1.00 bits per heavy atom. The normalized spacial score (nSPS) is 15.5. The molecule has 33 heavy (non-hydrogen) atoms. The standard InChI is InChI=1S/C24H30FN3O4S/c1-3-28(4-2)23(30)24(15-8-5-9-16-24)26-22(29)18-11-10-12-19(17-18)33(31,32)27-21-14-7-6-13-20(21)25/h6-7,10-14,17,27H,3-5,8-9,15-16H2,1-2H3,(H,26,29). The molecule has 0 atom stereocenters. The molecule has 2 aromatic rings. The zero-order valence-corrected chi connectivity index (χ0v) is 19.8. The highest BCUT2D eigenvalue weighted by atomic mass is 32.2.